The Kier molecular flexibility index (Phi) is 2.90. The van der Waals surface area contributed by atoms with E-state index >= 15 is 0 Å². The molecule has 2 aromatic rings. The largest absolute Gasteiger partial charge is 0.360 e. The number of nitrogens with one attached hydrogen (secondary N) is 1. The molecule has 0 saturated carbocycles. The molecular weight excluding hydrogens is 198 g/mol. The highest BCUT2D eigenvalue weighted by Crippen LogP contribution is 2.15. The van der Waals surface area contributed by atoms with Gasteiger partial charge in [0.15, 0.2) is 0 Å². The van der Waals surface area contributed by atoms with Gasteiger partial charge >= 0.3 is 0 Å². The second kappa shape index (κ2) is 4.34. The predicted octanol–water partition coefficient (Wildman–Crippen LogP) is 1.98. The molecule has 2 aromatic heterocycles. The molecule has 0 aliphatic heterocycles. The molecule has 0 aromatic carbocycles. The van der Waals surface area contributed by atoms with E-state index < -0.39 is 0 Å². The average Bonchev–Trinajstić information content (AvgIpc) is 2.87. The van der Waals surface area contributed by atoms with Crippen LogP contribution in [0.5, 0.6) is 0 Å². The maximum atomic E-state index is 4.97. The van der Waals surface area contributed by atoms with Crippen LogP contribution >= 0.6 is 11.3 Å². The normalized spacial score (nSPS) is 12.9. The quantitative estimate of drug-likeness (QED) is 0.836. The van der Waals surface area contributed by atoms with Crippen LogP contribution in [0.3, 0.4) is 0 Å². The van der Waals surface area contributed by atoms with Crippen LogP contribution in [-0.2, 0) is 6.54 Å². The van der Waals surface area contributed by atoms with E-state index in [0.717, 1.165) is 10.8 Å². The number of hydrogen-bond acceptors (Lipinski definition) is 5. The standard InChI is InChI=1S/C9H11N3OS/c1-7(9-10-4-5-14-9)11-6-8-2-3-12-13-8/h2-5,7,11H,6H2,1H3. The number of rotatable bonds is 4. The Hall–Kier alpha value is -1.20. The van der Waals surface area contributed by atoms with Crippen LogP contribution in [0.4, 0.5) is 0 Å². The van der Waals surface area contributed by atoms with Crippen molar-refractivity contribution < 1.29 is 4.52 Å². The van der Waals surface area contributed by atoms with E-state index in [2.05, 4.69) is 22.4 Å². The van der Waals surface area contributed by atoms with Crippen molar-refractivity contribution in [1.29, 1.82) is 0 Å². The summed E-state index contributed by atoms with van der Waals surface area (Å²) in [4.78, 5) is 4.23. The third-order valence-corrected chi connectivity index (χ3v) is 2.85. The summed E-state index contributed by atoms with van der Waals surface area (Å²) >= 11 is 1.65. The molecule has 2 heterocycles. The topological polar surface area (TPSA) is 51.0 Å². The minimum Gasteiger partial charge on any atom is -0.360 e. The number of aromatic nitrogens is 2. The molecule has 0 aliphatic carbocycles. The van der Waals surface area contributed by atoms with Crippen molar-refractivity contribution in [2.75, 3.05) is 0 Å². The molecular formula is C9H11N3OS. The van der Waals surface area contributed by atoms with Gasteiger partial charge in [-0.2, -0.15) is 0 Å². The second-order valence-corrected chi connectivity index (χ2v) is 3.88. The SMILES string of the molecule is CC(NCc1ccno1)c1nccs1. The van der Waals surface area contributed by atoms with Gasteiger partial charge in [-0.15, -0.1) is 11.3 Å². The monoisotopic (exact) mass is 209 g/mol. The summed E-state index contributed by atoms with van der Waals surface area (Å²) in [6, 6.07) is 2.10. The van der Waals surface area contributed by atoms with Gasteiger partial charge in [-0.05, 0) is 6.92 Å². The molecule has 0 spiro atoms. The molecule has 1 N–H and O–H groups in total. The van der Waals surface area contributed by atoms with Crippen LogP contribution < -0.4 is 5.32 Å². The first kappa shape index (κ1) is 9.36. The van der Waals surface area contributed by atoms with Crippen molar-refractivity contribution in [3.05, 3.63) is 34.6 Å². The lowest BCUT2D eigenvalue weighted by Gasteiger charge is -2.08. The minimum atomic E-state index is 0.250. The Balaban J connectivity index is 1.87. The van der Waals surface area contributed by atoms with Crippen molar-refractivity contribution in [3.63, 3.8) is 0 Å². The fourth-order valence-corrected chi connectivity index (χ4v) is 1.79. The van der Waals surface area contributed by atoms with Crippen LogP contribution in [0.2, 0.25) is 0 Å². The lowest BCUT2D eigenvalue weighted by molar-refractivity contribution is 0.366. The summed E-state index contributed by atoms with van der Waals surface area (Å²) in [6.07, 6.45) is 3.46. The third-order valence-electron chi connectivity index (χ3n) is 1.90. The van der Waals surface area contributed by atoms with Crippen LogP contribution in [0.15, 0.2) is 28.4 Å². The maximum Gasteiger partial charge on any atom is 0.150 e. The molecule has 0 bridgehead atoms. The van der Waals surface area contributed by atoms with Crippen molar-refractivity contribution in [3.8, 4) is 0 Å². The first-order valence-corrected chi connectivity index (χ1v) is 5.26. The zero-order chi connectivity index (χ0) is 9.80. The second-order valence-electron chi connectivity index (χ2n) is 2.95. The van der Waals surface area contributed by atoms with Crippen molar-refractivity contribution >= 4 is 11.3 Å². The average molecular weight is 209 g/mol. The van der Waals surface area contributed by atoms with E-state index in [9.17, 15) is 0 Å². The molecule has 0 saturated heterocycles. The van der Waals surface area contributed by atoms with Crippen molar-refractivity contribution in [2.24, 2.45) is 0 Å². The molecule has 1 unspecified atom stereocenters. The van der Waals surface area contributed by atoms with E-state index in [1.807, 2.05) is 17.6 Å². The Labute approximate surface area is 86.0 Å². The Morgan fingerprint density at radius 3 is 3.14 bits per heavy atom. The zero-order valence-corrected chi connectivity index (χ0v) is 8.62. The lowest BCUT2D eigenvalue weighted by Crippen LogP contribution is -2.17. The lowest BCUT2D eigenvalue weighted by atomic mass is 10.3. The fourth-order valence-electron chi connectivity index (χ4n) is 1.12. The van der Waals surface area contributed by atoms with Crippen LogP contribution in [0.25, 0.3) is 0 Å². The Morgan fingerprint density at radius 1 is 1.57 bits per heavy atom. The van der Waals surface area contributed by atoms with E-state index in [-0.39, 0.29) is 6.04 Å². The molecule has 0 fully saturated rings. The van der Waals surface area contributed by atoms with Gasteiger partial charge in [0, 0.05) is 17.6 Å². The van der Waals surface area contributed by atoms with Gasteiger partial charge in [0.1, 0.15) is 10.8 Å². The molecule has 0 amide bonds. The van der Waals surface area contributed by atoms with E-state index in [0.29, 0.717) is 6.54 Å². The first-order chi connectivity index (χ1) is 6.86. The number of hydrogen-bond donors (Lipinski definition) is 1. The van der Waals surface area contributed by atoms with Crippen LogP contribution in [0.1, 0.15) is 23.7 Å². The smallest absolute Gasteiger partial charge is 0.150 e. The summed E-state index contributed by atoms with van der Waals surface area (Å²) in [5, 5.41) is 10.00. The fraction of sp³-hybridized carbons (Fsp3) is 0.333. The predicted molar refractivity (Wildman–Crippen MR) is 53.9 cm³/mol. The van der Waals surface area contributed by atoms with Gasteiger partial charge < -0.3 is 9.84 Å². The van der Waals surface area contributed by atoms with E-state index in [1.54, 1.807) is 17.5 Å². The summed E-state index contributed by atoms with van der Waals surface area (Å²) in [5.74, 6) is 0.841. The Morgan fingerprint density at radius 2 is 2.50 bits per heavy atom. The van der Waals surface area contributed by atoms with Gasteiger partial charge in [0.2, 0.25) is 0 Å². The van der Waals surface area contributed by atoms with E-state index in [1.165, 1.54) is 0 Å². The zero-order valence-electron chi connectivity index (χ0n) is 7.80. The number of thiazole rings is 1. The van der Waals surface area contributed by atoms with Gasteiger partial charge in [-0.3, -0.25) is 0 Å². The summed E-state index contributed by atoms with van der Waals surface area (Å²) in [6.45, 7) is 2.76. The molecule has 0 radical (unpaired) electrons. The summed E-state index contributed by atoms with van der Waals surface area (Å²) in [7, 11) is 0. The highest BCUT2D eigenvalue weighted by molar-refractivity contribution is 7.09. The van der Waals surface area contributed by atoms with Crippen LogP contribution in [-0.4, -0.2) is 10.1 Å². The first-order valence-electron chi connectivity index (χ1n) is 4.38. The molecule has 74 valence electrons. The molecule has 14 heavy (non-hydrogen) atoms. The summed E-state index contributed by atoms with van der Waals surface area (Å²) in [5.41, 5.74) is 0. The molecule has 5 heteroatoms. The van der Waals surface area contributed by atoms with Crippen molar-refractivity contribution in [2.45, 2.75) is 19.5 Å². The van der Waals surface area contributed by atoms with Gasteiger partial charge in [-0.25, -0.2) is 4.98 Å². The third kappa shape index (κ3) is 2.18. The molecule has 1 atom stereocenters. The van der Waals surface area contributed by atoms with Gasteiger partial charge in [0.25, 0.3) is 0 Å². The highest BCUT2D eigenvalue weighted by Gasteiger charge is 2.07. The Bertz CT molecular complexity index is 357. The van der Waals surface area contributed by atoms with Gasteiger partial charge in [-0.1, -0.05) is 5.16 Å². The minimum absolute atomic E-state index is 0.250. The maximum absolute atomic E-state index is 4.97. The summed E-state index contributed by atoms with van der Waals surface area (Å²) < 4.78 is 4.97. The van der Waals surface area contributed by atoms with Gasteiger partial charge in [0.05, 0.1) is 18.8 Å². The number of nitrogens with zero attached hydrogens (tertiary/aromatic N) is 2. The van der Waals surface area contributed by atoms with Crippen molar-refractivity contribution in [1.82, 2.24) is 15.5 Å². The molecule has 0 aliphatic rings. The van der Waals surface area contributed by atoms with E-state index in [4.69, 9.17) is 4.52 Å². The molecule has 4 nitrogen and oxygen atoms in total. The highest BCUT2D eigenvalue weighted by atomic mass is 32.1. The van der Waals surface area contributed by atoms with Crippen LogP contribution in [0, 0.1) is 0 Å². The molecule has 2 rings (SSSR count).